The number of thiophene rings is 1. The molecule has 34 heavy (non-hydrogen) atoms. The van der Waals surface area contributed by atoms with Gasteiger partial charge in [0.2, 0.25) is 5.88 Å². The second kappa shape index (κ2) is 10.8. The van der Waals surface area contributed by atoms with Crippen molar-refractivity contribution in [2.75, 3.05) is 11.8 Å². The van der Waals surface area contributed by atoms with Gasteiger partial charge in [0.1, 0.15) is 16.5 Å². The van der Waals surface area contributed by atoms with E-state index in [1.54, 1.807) is 0 Å². The first kappa shape index (κ1) is 23.9. The topological polar surface area (TPSA) is 96.3 Å². The van der Waals surface area contributed by atoms with E-state index in [9.17, 15) is 13.6 Å². The van der Waals surface area contributed by atoms with Gasteiger partial charge >= 0.3 is 0 Å². The third kappa shape index (κ3) is 5.11. The van der Waals surface area contributed by atoms with Crippen LogP contribution in [0.1, 0.15) is 34.3 Å². The summed E-state index contributed by atoms with van der Waals surface area (Å²) in [5.41, 5.74) is 3.99. The quantitative estimate of drug-likeness (QED) is 0.238. The SMILES string of the molecule is CCCc1cc(-c2ccc(Cn3c(-c4ccccc4)nc(OC)c3C=O)cc2)c(NS(=O)[O-])s1. The lowest BCUT2D eigenvalue weighted by atomic mass is 10.0. The molecule has 0 saturated heterocycles. The van der Waals surface area contributed by atoms with Crippen molar-refractivity contribution in [1.82, 2.24) is 9.55 Å². The zero-order valence-corrected chi connectivity index (χ0v) is 20.4. The highest BCUT2D eigenvalue weighted by Crippen LogP contribution is 2.37. The number of nitrogens with zero attached hydrogens (tertiary/aromatic N) is 2. The van der Waals surface area contributed by atoms with E-state index in [-0.39, 0.29) is 5.88 Å². The van der Waals surface area contributed by atoms with Crippen LogP contribution in [0.3, 0.4) is 0 Å². The molecule has 1 unspecified atom stereocenters. The van der Waals surface area contributed by atoms with Gasteiger partial charge in [-0.15, -0.1) is 11.3 Å². The fraction of sp³-hybridized carbons (Fsp3) is 0.200. The second-order valence-electron chi connectivity index (χ2n) is 7.64. The summed E-state index contributed by atoms with van der Waals surface area (Å²) < 4.78 is 32.2. The van der Waals surface area contributed by atoms with Crippen LogP contribution in [0.2, 0.25) is 0 Å². The molecule has 4 rings (SSSR count). The van der Waals surface area contributed by atoms with Crippen molar-refractivity contribution in [3.8, 4) is 28.4 Å². The van der Waals surface area contributed by atoms with E-state index in [2.05, 4.69) is 16.6 Å². The number of hydrogen-bond acceptors (Lipinski definition) is 6. The van der Waals surface area contributed by atoms with E-state index >= 15 is 0 Å². The lowest BCUT2D eigenvalue weighted by Gasteiger charge is -2.12. The van der Waals surface area contributed by atoms with Gasteiger partial charge in [0.15, 0.2) is 6.29 Å². The molecule has 0 aliphatic heterocycles. The van der Waals surface area contributed by atoms with Crippen LogP contribution in [0.5, 0.6) is 5.88 Å². The average Bonchev–Trinajstić information content (AvgIpc) is 3.40. The number of imidazole rings is 1. The highest BCUT2D eigenvalue weighted by atomic mass is 32.2. The predicted molar refractivity (Wildman–Crippen MR) is 135 cm³/mol. The van der Waals surface area contributed by atoms with Crippen molar-refractivity contribution >= 4 is 33.9 Å². The zero-order chi connectivity index (χ0) is 24.1. The van der Waals surface area contributed by atoms with E-state index in [1.807, 2.05) is 65.2 Å². The monoisotopic (exact) mass is 494 g/mol. The Morgan fingerprint density at radius 1 is 1.15 bits per heavy atom. The second-order valence-corrected chi connectivity index (χ2v) is 9.45. The summed E-state index contributed by atoms with van der Waals surface area (Å²) in [6.45, 7) is 2.52. The standard InChI is InChI=1S/C25H25N3O4S2/c1-3-7-20-14-21(25(33-20)27-34(30)31)18-12-10-17(11-13-18)15-28-22(16-29)24(32-2)26-23(28)19-8-5-4-6-9-19/h4-6,8-14,16,27H,3,7,15H2,1-2H3,(H,30,31)/p-1. The molecule has 0 spiro atoms. The first-order chi connectivity index (χ1) is 16.5. The number of anilines is 1. The maximum atomic E-state index is 11.9. The smallest absolute Gasteiger partial charge is 0.243 e. The van der Waals surface area contributed by atoms with Crippen molar-refractivity contribution in [2.24, 2.45) is 0 Å². The van der Waals surface area contributed by atoms with Crippen LogP contribution < -0.4 is 9.46 Å². The summed E-state index contributed by atoms with van der Waals surface area (Å²) in [7, 11) is 1.50. The van der Waals surface area contributed by atoms with Crippen LogP contribution >= 0.6 is 11.3 Å². The number of hydrogen-bond donors (Lipinski definition) is 1. The summed E-state index contributed by atoms with van der Waals surface area (Å²) in [6.07, 6.45) is 2.63. The highest BCUT2D eigenvalue weighted by Gasteiger charge is 2.19. The van der Waals surface area contributed by atoms with Gasteiger partial charge in [-0.05, 0) is 23.6 Å². The van der Waals surface area contributed by atoms with E-state index in [0.29, 0.717) is 23.1 Å². The van der Waals surface area contributed by atoms with E-state index < -0.39 is 11.3 Å². The Bertz CT molecular complexity index is 1300. The van der Waals surface area contributed by atoms with Crippen LogP contribution in [0, 0.1) is 0 Å². The van der Waals surface area contributed by atoms with Gasteiger partial charge in [0.25, 0.3) is 0 Å². The number of aryl methyl sites for hydroxylation is 1. The maximum Gasteiger partial charge on any atom is 0.243 e. The number of rotatable bonds is 10. The molecule has 2 aromatic carbocycles. The van der Waals surface area contributed by atoms with Crippen LogP contribution in [0.25, 0.3) is 22.5 Å². The minimum atomic E-state index is -2.39. The number of carbonyl (C=O) groups is 1. The van der Waals surface area contributed by atoms with Gasteiger partial charge in [-0.25, -0.2) is 0 Å². The van der Waals surface area contributed by atoms with E-state index in [1.165, 1.54) is 18.4 Å². The van der Waals surface area contributed by atoms with E-state index in [4.69, 9.17) is 4.74 Å². The lowest BCUT2D eigenvalue weighted by Crippen LogP contribution is -2.06. The molecular weight excluding hydrogens is 470 g/mol. The van der Waals surface area contributed by atoms with Crippen molar-refractivity contribution in [1.29, 1.82) is 0 Å². The molecule has 0 bridgehead atoms. The molecule has 1 N–H and O–H groups in total. The first-order valence-electron chi connectivity index (χ1n) is 10.8. The van der Waals surface area contributed by atoms with Gasteiger partial charge in [0.05, 0.1) is 7.11 Å². The average molecular weight is 495 g/mol. The summed E-state index contributed by atoms with van der Waals surface area (Å²) in [5, 5.41) is 0.610. The first-order valence-corrected chi connectivity index (χ1v) is 12.7. The van der Waals surface area contributed by atoms with Crippen molar-refractivity contribution in [3.63, 3.8) is 0 Å². The number of aromatic nitrogens is 2. The molecular formula is C25H24N3O4S2-. The molecule has 4 aromatic rings. The van der Waals surface area contributed by atoms with Crippen LogP contribution in [-0.4, -0.2) is 31.7 Å². The molecule has 0 saturated carbocycles. The Morgan fingerprint density at radius 3 is 2.50 bits per heavy atom. The van der Waals surface area contributed by atoms with Gasteiger partial charge in [-0.2, -0.15) is 4.98 Å². The third-order valence-electron chi connectivity index (χ3n) is 5.37. The molecule has 0 radical (unpaired) electrons. The summed E-state index contributed by atoms with van der Waals surface area (Å²) in [4.78, 5) is 17.5. The molecule has 9 heteroatoms. The number of methoxy groups -OCH3 is 1. The van der Waals surface area contributed by atoms with Crippen LogP contribution in [0.15, 0.2) is 60.7 Å². The Labute approximate surface area is 204 Å². The maximum absolute atomic E-state index is 11.9. The fourth-order valence-electron chi connectivity index (χ4n) is 3.83. The number of nitrogens with one attached hydrogen (secondary N) is 1. The summed E-state index contributed by atoms with van der Waals surface area (Å²) in [6, 6.07) is 19.6. The van der Waals surface area contributed by atoms with Gasteiger partial charge in [-0.1, -0.05) is 67.9 Å². The van der Waals surface area contributed by atoms with Crippen LogP contribution in [0.4, 0.5) is 5.00 Å². The molecule has 176 valence electrons. The molecule has 7 nitrogen and oxygen atoms in total. The summed E-state index contributed by atoms with van der Waals surface area (Å²) in [5.74, 6) is 0.934. The van der Waals surface area contributed by atoms with Crippen molar-refractivity contribution in [3.05, 3.63) is 76.8 Å². The number of carbonyl (C=O) groups excluding carboxylic acids is 1. The zero-order valence-electron chi connectivity index (χ0n) is 18.8. The Hall–Kier alpha value is -3.27. The largest absolute Gasteiger partial charge is 0.755 e. The molecule has 1 atom stereocenters. The predicted octanol–water partition coefficient (Wildman–Crippen LogP) is 5.31. The number of ether oxygens (including phenoxy) is 1. The number of benzene rings is 2. The minimum absolute atomic E-state index is 0.286. The number of aldehydes is 1. The van der Waals surface area contributed by atoms with Crippen LogP contribution in [-0.2, 0) is 24.2 Å². The third-order valence-corrected chi connectivity index (χ3v) is 6.98. The van der Waals surface area contributed by atoms with Gasteiger partial charge < -0.3 is 18.6 Å². The molecule has 0 aliphatic carbocycles. The Kier molecular flexibility index (Phi) is 7.56. The normalized spacial score (nSPS) is 11.9. The molecule has 2 aromatic heterocycles. The fourth-order valence-corrected chi connectivity index (χ4v) is 5.49. The molecule has 0 aliphatic rings. The van der Waals surface area contributed by atoms with Crippen molar-refractivity contribution < 1.29 is 18.3 Å². The molecule has 2 heterocycles. The van der Waals surface area contributed by atoms with Crippen molar-refractivity contribution in [2.45, 2.75) is 26.3 Å². The summed E-state index contributed by atoms with van der Waals surface area (Å²) >= 11 is -0.936. The van der Waals surface area contributed by atoms with E-state index in [0.717, 1.165) is 46.3 Å². The molecule has 0 amide bonds. The van der Waals surface area contributed by atoms with Gasteiger partial charge in [0, 0.05) is 33.8 Å². The minimum Gasteiger partial charge on any atom is -0.755 e. The molecule has 0 fully saturated rings. The van der Waals surface area contributed by atoms with Gasteiger partial charge in [-0.3, -0.25) is 9.00 Å². The Morgan fingerprint density at radius 2 is 1.88 bits per heavy atom. The Balaban J connectivity index is 1.68. The lowest BCUT2D eigenvalue weighted by molar-refractivity contribution is 0.111. The highest BCUT2D eigenvalue weighted by molar-refractivity contribution is 7.80.